The van der Waals surface area contributed by atoms with Gasteiger partial charge in [0.05, 0.1) is 0 Å². The summed E-state index contributed by atoms with van der Waals surface area (Å²) in [7, 11) is 1.59. The Labute approximate surface area is 143 Å². The molecule has 1 aromatic rings. The second-order valence-electron chi connectivity index (χ2n) is 6.21. The normalized spacial score (nSPS) is 12.2. The van der Waals surface area contributed by atoms with E-state index in [4.69, 9.17) is 9.84 Å². The Bertz CT molecular complexity index is 534. The van der Waals surface area contributed by atoms with Gasteiger partial charge < -0.3 is 15.2 Å². The van der Waals surface area contributed by atoms with E-state index in [9.17, 15) is 9.59 Å². The number of aromatic nitrogens is 1. The second kappa shape index (κ2) is 10.7. The number of amides is 1. The third-order valence-electron chi connectivity index (χ3n) is 3.49. The summed E-state index contributed by atoms with van der Waals surface area (Å²) >= 11 is 0. The molecule has 134 valence electrons. The Hall–Kier alpha value is -1.99. The summed E-state index contributed by atoms with van der Waals surface area (Å²) in [5.41, 5.74) is 0.565. The number of nitrogens with one attached hydrogen (secondary N) is 2. The number of carbonyl (C=O) groups excluding carboxylic acids is 1. The Balaban J connectivity index is 2.34. The van der Waals surface area contributed by atoms with E-state index in [1.54, 1.807) is 29.9 Å². The molecule has 7 nitrogen and oxygen atoms in total. The summed E-state index contributed by atoms with van der Waals surface area (Å²) in [5.74, 6) is -0.368. The minimum absolute atomic E-state index is 0.0929. The van der Waals surface area contributed by atoms with Crippen molar-refractivity contribution in [2.24, 2.45) is 11.8 Å². The maximum absolute atomic E-state index is 11.6. The second-order valence-corrected chi connectivity index (χ2v) is 6.21. The molecule has 1 amide bonds. The van der Waals surface area contributed by atoms with Crippen LogP contribution >= 0.6 is 0 Å². The van der Waals surface area contributed by atoms with Gasteiger partial charge in [0.15, 0.2) is 12.4 Å². The van der Waals surface area contributed by atoms with Gasteiger partial charge in [-0.15, -0.1) is 0 Å². The van der Waals surface area contributed by atoms with Gasteiger partial charge in [-0.3, -0.25) is 14.9 Å². The molecule has 7 heteroatoms. The van der Waals surface area contributed by atoms with E-state index in [1.165, 1.54) is 0 Å². The van der Waals surface area contributed by atoms with Crippen LogP contribution in [0.3, 0.4) is 0 Å². The van der Waals surface area contributed by atoms with Gasteiger partial charge in [0, 0.05) is 26.1 Å². The molecular weight excluding hydrogens is 310 g/mol. The molecule has 1 atom stereocenters. The van der Waals surface area contributed by atoms with E-state index < -0.39 is 5.97 Å². The zero-order chi connectivity index (χ0) is 17.9. The van der Waals surface area contributed by atoms with Crippen molar-refractivity contribution in [2.75, 3.05) is 20.3 Å². The van der Waals surface area contributed by atoms with E-state index in [-0.39, 0.29) is 18.2 Å². The fourth-order valence-corrected chi connectivity index (χ4v) is 2.52. The van der Waals surface area contributed by atoms with E-state index in [0.717, 1.165) is 6.42 Å². The molecule has 0 aromatic carbocycles. The molecular formula is C17H28N3O4+. The van der Waals surface area contributed by atoms with Crippen molar-refractivity contribution >= 4 is 11.9 Å². The largest absolute Gasteiger partial charge is 0.481 e. The van der Waals surface area contributed by atoms with Crippen LogP contribution in [0.4, 0.5) is 0 Å². The molecule has 1 unspecified atom stereocenters. The van der Waals surface area contributed by atoms with E-state index in [1.807, 2.05) is 6.20 Å². The van der Waals surface area contributed by atoms with Gasteiger partial charge in [-0.1, -0.05) is 13.8 Å². The van der Waals surface area contributed by atoms with E-state index >= 15 is 0 Å². The van der Waals surface area contributed by atoms with Crippen molar-refractivity contribution in [1.82, 2.24) is 10.6 Å². The first kappa shape index (κ1) is 20.1. The lowest BCUT2D eigenvalue weighted by Gasteiger charge is -2.17. The van der Waals surface area contributed by atoms with Crippen LogP contribution < -0.4 is 15.2 Å². The van der Waals surface area contributed by atoms with Crippen molar-refractivity contribution in [2.45, 2.75) is 33.4 Å². The number of nitrogens with zero attached hydrogens (tertiary/aromatic N) is 1. The highest BCUT2D eigenvalue weighted by Gasteiger charge is 2.14. The molecule has 24 heavy (non-hydrogen) atoms. The minimum Gasteiger partial charge on any atom is -0.481 e. The lowest BCUT2D eigenvalue weighted by Crippen LogP contribution is -2.38. The van der Waals surface area contributed by atoms with E-state index in [0.29, 0.717) is 31.5 Å². The quantitative estimate of drug-likeness (QED) is 0.318. The standard InChI is InChI=1S/C17H27N3O4/c1-13(2)7-14(8-16(21)22)9-19-11-24-12-20-6-4-5-15(10-20)17(23)18-3/h4-6,10,13-14,19H,7-9,11-12H2,1-3H3,(H-,18,21,22,23)/p+1. The zero-order valence-corrected chi connectivity index (χ0v) is 14.6. The van der Waals surface area contributed by atoms with Gasteiger partial charge in [-0.2, -0.15) is 4.57 Å². The summed E-state index contributed by atoms with van der Waals surface area (Å²) < 4.78 is 7.29. The number of ether oxygens (including phenoxy) is 1. The summed E-state index contributed by atoms with van der Waals surface area (Å²) in [5, 5.41) is 14.7. The fraction of sp³-hybridized carbons (Fsp3) is 0.588. The highest BCUT2D eigenvalue weighted by atomic mass is 16.5. The first-order valence-electron chi connectivity index (χ1n) is 8.13. The summed E-state index contributed by atoms with van der Waals surface area (Å²) in [6.07, 6.45) is 4.56. The Morgan fingerprint density at radius 1 is 1.38 bits per heavy atom. The average molecular weight is 338 g/mol. The predicted molar refractivity (Wildman–Crippen MR) is 89.2 cm³/mol. The van der Waals surface area contributed by atoms with Crippen LogP contribution in [0.1, 0.15) is 37.0 Å². The van der Waals surface area contributed by atoms with Crippen molar-refractivity contribution in [3.05, 3.63) is 30.1 Å². The highest BCUT2D eigenvalue weighted by Crippen LogP contribution is 2.14. The molecule has 0 saturated heterocycles. The lowest BCUT2D eigenvalue weighted by molar-refractivity contribution is -0.733. The maximum atomic E-state index is 11.6. The molecule has 0 fully saturated rings. The number of hydrogen-bond acceptors (Lipinski definition) is 4. The number of pyridine rings is 1. The molecule has 0 saturated carbocycles. The van der Waals surface area contributed by atoms with Gasteiger partial charge >= 0.3 is 5.97 Å². The minimum atomic E-state index is -0.773. The van der Waals surface area contributed by atoms with E-state index in [2.05, 4.69) is 24.5 Å². The summed E-state index contributed by atoms with van der Waals surface area (Å²) in [6.45, 7) is 5.41. The van der Waals surface area contributed by atoms with Gasteiger partial charge in [0.2, 0.25) is 0 Å². The molecule has 1 aromatic heterocycles. The zero-order valence-electron chi connectivity index (χ0n) is 14.6. The Morgan fingerprint density at radius 3 is 2.75 bits per heavy atom. The molecule has 0 aliphatic heterocycles. The summed E-state index contributed by atoms with van der Waals surface area (Å²) in [6, 6.07) is 3.52. The van der Waals surface area contributed by atoms with Gasteiger partial charge in [0.1, 0.15) is 12.3 Å². The first-order chi connectivity index (χ1) is 11.4. The smallest absolute Gasteiger partial charge is 0.303 e. The third kappa shape index (κ3) is 8.03. The van der Waals surface area contributed by atoms with Crippen molar-refractivity contribution in [3.8, 4) is 0 Å². The predicted octanol–water partition coefficient (Wildman–Crippen LogP) is 0.992. The number of aliphatic carboxylic acids is 1. The van der Waals surface area contributed by atoms with Gasteiger partial charge in [0.25, 0.3) is 12.6 Å². The molecule has 0 aliphatic rings. The van der Waals surface area contributed by atoms with Crippen LogP contribution in [0.15, 0.2) is 24.5 Å². The third-order valence-corrected chi connectivity index (χ3v) is 3.49. The van der Waals surface area contributed by atoms with Crippen LogP contribution in [-0.2, 0) is 16.3 Å². The number of carbonyl (C=O) groups is 2. The Morgan fingerprint density at radius 2 is 2.12 bits per heavy atom. The number of carboxylic acids is 1. The topological polar surface area (TPSA) is 91.5 Å². The molecule has 0 spiro atoms. The van der Waals surface area contributed by atoms with Crippen LogP contribution in [0.25, 0.3) is 0 Å². The summed E-state index contributed by atoms with van der Waals surface area (Å²) in [4.78, 5) is 22.4. The Kier molecular flexibility index (Phi) is 8.96. The number of rotatable bonds is 11. The average Bonchev–Trinajstić information content (AvgIpc) is 2.52. The molecule has 1 rings (SSSR count). The monoisotopic (exact) mass is 338 g/mol. The van der Waals surface area contributed by atoms with Crippen LogP contribution in [0, 0.1) is 11.8 Å². The lowest BCUT2D eigenvalue weighted by atomic mass is 9.94. The van der Waals surface area contributed by atoms with Crippen LogP contribution in [-0.4, -0.2) is 37.3 Å². The molecule has 1 heterocycles. The molecule has 0 aliphatic carbocycles. The van der Waals surface area contributed by atoms with Gasteiger partial charge in [-0.05, 0) is 24.3 Å². The first-order valence-corrected chi connectivity index (χ1v) is 8.13. The van der Waals surface area contributed by atoms with Crippen LogP contribution in [0.2, 0.25) is 0 Å². The number of hydrogen-bond donors (Lipinski definition) is 3. The maximum Gasteiger partial charge on any atom is 0.303 e. The molecule has 0 bridgehead atoms. The number of carboxylic acid groups (broad SMARTS) is 1. The molecule has 0 radical (unpaired) electrons. The van der Waals surface area contributed by atoms with Gasteiger partial charge in [-0.25, -0.2) is 0 Å². The van der Waals surface area contributed by atoms with Crippen LogP contribution in [0.5, 0.6) is 0 Å². The van der Waals surface area contributed by atoms with Crippen molar-refractivity contribution in [3.63, 3.8) is 0 Å². The fourth-order valence-electron chi connectivity index (χ4n) is 2.52. The molecule has 3 N–H and O–H groups in total. The SMILES string of the molecule is CNC(=O)c1ccc[n+](COCNCC(CC(=O)O)CC(C)C)c1. The van der Waals surface area contributed by atoms with Crippen molar-refractivity contribution in [1.29, 1.82) is 0 Å². The highest BCUT2D eigenvalue weighted by molar-refractivity contribution is 5.93. The van der Waals surface area contributed by atoms with Crippen molar-refractivity contribution < 1.29 is 24.0 Å².